The van der Waals surface area contributed by atoms with Crippen molar-refractivity contribution in [3.8, 4) is 11.5 Å². The van der Waals surface area contributed by atoms with Crippen molar-refractivity contribution < 1.29 is 41.9 Å². The Kier molecular flexibility index (Phi) is 8.32. The molecule has 0 saturated heterocycles. The summed E-state index contributed by atoms with van der Waals surface area (Å²) in [7, 11) is -4.49. The minimum atomic E-state index is -4.49. The van der Waals surface area contributed by atoms with Crippen molar-refractivity contribution in [2.24, 2.45) is 23.7 Å². The van der Waals surface area contributed by atoms with E-state index in [4.69, 9.17) is 9.47 Å². The van der Waals surface area contributed by atoms with Crippen LogP contribution in [0, 0.1) is 30.8 Å². The number of hydrogen-bond acceptors (Lipinski definition) is 7. The quantitative estimate of drug-likeness (QED) is 0.127. The first-order valence-electron chi connectivity index (χ1n) is 13.8. The van der Waals surface area contributed by atoms with Crippen LogP contribution in [0.2, 0.25) is 0 Å². The number of benzene rings is 3. The summed E-state index contributed by atoms with van der Waals surface area (Å²) < 4.78 is 45.5. The average molecular weight is 828 g/mol. The fourth-order valence-corrected chi connectivity index (χ4v) is 11.5. The van der Waals surface area contributed by atoms with Gasteiger partial charge in [0.25, 0.3) is 10.1 Å². The second-order valence-electron chi connectivity index (χ2n) is 11.2. The molecule has 2 bridgehead atoms. The number of carboxylic acids is 1. The summed E-state index contributed by atoms with van der Waals surface area (Å²) in [5.41, 5.74) is 2.14. The van der Waals surface area contributed by atoms with Crippen LogP contribution in [0.15, 0.2) is 65.6 Å². The first-order chi connectivity index (χ1) is 20.5. The SMILES string of the molecule is O=C(O)c1ccc(OC(=O)C2C(C(=O)Oc3cc(I)c(S(=O)(=O)O)c(I)c3)C3c4ccccc4C2C2CCCCC23)cc1. The highest BCUT2D eigenvalue weighted by Gasteiger charge is 2.61. The topological polar surface area (TPSA) is 144 Å². The van der Waals surface area contributed by atoms with Gasteiger partial charge in [0.1, 0.15) is 16.4 Å². The van der Waals surface area contributed by atoms with Gasteiger partial charge in [0, 0.05) is 19.0 Å². The number of aromatic carboxylic acids is 1. The predicted octanol–water partition coefficient (Wildman–Crippen LogP) is 6.29. The Morgan fingerprint density at radius 2 is 1.21 bits per heavy atom. The Labute approximate surface area is 275 Å². The molecule has 0 spiro atoms. The number of ether oxygens (including phenoxy) is 2. The Hall–Kier alpha value is -2.56. The second kappa shape index (κ2) is 11.7. The van der Waals surface area contributed by atoms with Crippen LogP contribution in [-0.2, 0) is 19.7 Å². The van der Waals surface area contributed by atoms with E-state index in [1.165, 1.54) is 36.4 Å². The third kappa shape index (κ3) is 5.59. The standard InChI is InChI=1S/C31H26I2O9S/c32-22-13-17(14-23(33)28(22)43(38,39)40)42-31(37)27-25-20-7-3-1-5-18(20)24(19-6-2-4-8-21(19)25)26(27)30(36)41-16-11-9-15(10-12-16)29(34)35/h1,3,5,7,9-14,19,21,24-27H,2,4,6,8H2,(H,34,35)(H,38,39,40). The van der Waals surface area contributed by atoms with Gasteiger partial charge in [-0.15, -0.1) is 0 Å². The van der Waals surface area contributed by atoms with Crippen LogP contribution < -0.4 is 9.47 Å². The predicted molar refractivity (Wildman–Crippen MR) is 171 cm³/mol. The molecular weight excluding hydrogens is 802 g/mol. The van der Waals surface area contributed by atoms with Gasteiger partial charge < -0.3 is 14.6 Å². The number of halogens is 2. The fourth-order valence-electron chi connectivity index (χ4n) is 7.49. The maximum absolute atomic E-state index is 14.2. The van der Waals surface area contributed by atoms with E-state index in [9.17, 15) is 32.5 Å². The molecule has 3 aromatic rings. The van der Waals surface area contributed by atoms with Crippen molar-refractivity contribution in [3.63, 3.8) is 0 Å². The van der Waals surface area contributed by atoms with E-state index in [2.05, 4.69) is 0 Å². The summed E-state index contributed by atoms with van der Waals surface area (Å²) in [6, 6.07) is 16.2. The summed E-state index contributed by atoms with van der Waals surface area (Å²) in [4.78, 5) is 39.2. The van der Waals surface area contributed by atoms with Crippen LogP contribution in [0.5, 0.6) is 11.5 Å². The Balaban J connectivity index is 1.40. The molecule has 6 unspecified atom stereocenters. The highest BCUT2D eigenvalue weighted by atomic mass is 127. The first kappa shape index (κ1) is 30.5. The number of rotatable bonds is 6. The molecule has 0 radical (unpaired) electrons. The van der Waals surface area contributed by atoms with Gasteiger partial charge in [0.15, 0.2) is 0 Å². The maximum Gasteiger partial charge on any atom is 0.335 e. The molecule has 6 atom stereocenters. The van der Waals surface area contributed by atoms with Gasteiger partial charge in [-0.25, -0.2) is 4.79 Å². The minimum absolute atomic E-state index is 0.0567. The van der Waals surface area contributed by atoms with Crippen molar-refractivity contribution in [1.82, 2.24) is 0 Å². The Morgan fingerprint density at radius 3 is 1.65 bits per heavy atom. The van der Waals surface area contributed by atoms with Gasteiger partial charge in [-0.05, 0) is 117 Å². The van der Waals surface area contributed by atoms with Crippen LogP contribution in [-0.4, -0.2) is 36.0 Å². The van der Waals surface area contributed by atoms with Gasteiger partial charge in [-0.2, -0.15) is 8.42 Å². The zero-order valence-electron chi connectivity index (χ0n) is 22.5. The molecule has 12 heteroatoms. The summed E-state index contributed by atoms with van der Waals surface area (Å²) >= 11 is 3.54. The van der Waals surface area contributed by atoms with Crippen molar-refractivity contribution in [2.75, 3.05) is 0 Å². The maximum atomic E-state index is 14.2. The fraction of sp³-hybridized carbons (Fsp3) is 0.323. The number of carbonyl (C=O) groups is 3. The van der Waals surface area contributed by atoms with Crippen molar-refractivity contribution in [3.05, 3.63) is 84.5 Å². The number of carboxylic acid groups (broad SMARTS) is 1. The highest BCUT2D eigenvalue weighted by molar-refractivity contribution is 14.1. The van der Waals surface area contributed by atoms with Gasteiger partial charge >= 0.3 is 17.9 Å². The zero-order valence-corrected chi connectivity index (χ0v) is 27.6. The molecule has 0 heterocycles. The molecule has 43 heavy (non-hydrogen) atoms. The number of hydrogen-bond donors (Lipinski definition) is 2. The summed E-state index contributed by atoms with van der Waals surface area (Å²) in [6.45, 7) is 0. The lowest BCUT2D eigenvalue weighted by Crippen LogP contribution is -2.56. The molecule has 4 aliphatic rings. The largest absolute Gasteiger partial charge is 0.478 e. The van der Waals surface area contributed by atoms with Crippen LogP contribution in [0.25, 0.3) is 0 Å². The van der Waals surface area contributed by atoms with Crippen LogP contribution in [0.4, 0.5) is 0 Å². The van der Waals surface area contributed by atoms with Gasteiger partial charge in [-0.1, -0.05) is 37.1 Å². The lowest BCUT2D eigenvalue weighted by Gasteiger charge is -2.57. The lowest BCUT2D eigenvalue weighted by atomic mass is 9.46. The minimum Gasteiger partial charge on any atom is -0.478 e. The molecule has 4 aliphatic carbocycles. The van der Waals surface area contributed by atoms with Crippen LogP contribution >= 0.6 is 45.2 Å². The molecule has 0 aliphatic heterocycles. The van der Waals surface area contributed by atoms with Gasteiger partial charge in [0.2, 0.25) is 0 Å². The molecule has 2 N–H and O–H groups in total. The number of carbonyl (C=O) groups excluding carboxylic acids is 2. The molecule has 2 fully saturated rings. The molecule has 224 valence electrons. The van der Waals surface area contributed by atoms with Crippen molar-refractivity contribution in [1.29, 1.82) is 0 Å². The number of esters is 2. The lowest BCUT2D eigenvalue weighted by molar-refractivity contribution is -0.160. The Morgan fingerprint density at radius 1 is 0.744 bits per heavy atom. The molecule has 9 nitrogen and oxygen atoms in total. The Bertz CT molecular complexity index is 1720. The van der Waals surface area contributed by atoms with E-state index in [1.807, 2.05) is 24.3 Å². The molecule has 3 aromatic carbocycles. The van der Waals surface area contributed by atoms with E-state index in [0.29, 0.717) is 0 Å². The van der Waals surface area contributed by atoms with E-state index >= 15 is 0 Å². The smallest absolute Gasteiger partial charge is 0.335 e. The summed E-state index contributed by atoms with van der Waals surface area (Å²) in [6.07, 6.45) is 3.94. The number of fused-ring (bicyclic) bond motifs is 1. The normalized spacial score (nSPS) is 25.7. The molecule has 0 amide bonds. The van der Waals surface area contributed by atoms with E-state index in [0.717, 1.165) is 36.8 Å². The van der Waals surface area contributed by atoms with Crippen molar-refractivity contribution in [2.45, 2.75) is 42.4 Å². The molecular formula is C31H26I2O9S. The monoisotopic (exact) mass is 828 g/mol. The molecule has 2 saturated carbocycles. The second-order valence-corrected chi connectivity index (χ2v) is 14.9. The van der Waals surface area contributed by atoms with E-state index in [1.54, 1.807) is 45.2 Å². The third-order valence-electron chi connectivity index (χ3n) is 8.98. The average Bonchev–Trinajstić information content (AvgIpc) is 2.95. The third-order valence-corrected chi connectivity index (χ3v) is 12.4. The summed E-state index contributed by atoms with van der Waals surface area (Å²) in [5.74, 6) is -3.86. The molecule has 7 rings (SSSR count). The molecule has 0 aromatic heterocycles. The van der Waals surface area contributed by atoms with Crippen molar-refractivity contribution >= 4 is 73.2 Å². The van der Waals surface area contributed by atoms with Crippen LogP contribution in [0.1, 0.15) is 59.0 Å². The van der Waals surface area contributed by atoms with Gasteiger partial charge in [0.05, 0.1) is 17.4 Å². The zero-order chi connectivity index (χ0) is 30.6. The summed E-state index contributed by atoms with van der Waals surface area (Å²) in [5, 5.41) is 9.24. The van der Waals surface area contributed by atoms with E-state index < -0.39 is 39.9 Å². The first-order valence-corrected chi connectivity index (χ1v) is 17.4. The van der Waals surface area contributed by atoms with E-state index in [-0.39, 0.29) is 52.8 Å². The van der Waals surface area contributed by atoms with Gasteiger partial charge in [-0.3, -0.25) is 14.1 Å². The highest BCUT2D eigenvalue weighted by Crippen LogP contribution is 2.64. The van der Waals surface area contributed by atoms with Crippen LogP contribution in [0.3, 0.4) is 0 Å².